The highest BCUT2D eigenvalue weighted by Crippen LogP contribution is 2.74. The van der Waals surface area contributed by atoms with E-state index >= 15 is 0 Å². The number of aliphatic hydroxyl groups excluding tert-OH is 5. The highest BCUT2D eigenvalue weighted by atomic mass is 16.7. The average Bonchev–Trinajstić information content (AvgIpc) is 3.23. The maximum atomic E-state index is 14.6. The number of ketones is 1. The Bertz CT molecular complexity index is 1140. The zero-order chi connectivity index (χ0) is 33.5. The van der Waals surface area contributed by atoms with Gasteiger partial charge in [-0.15, -0.1) is 0 Å². The minimum absolute atomic E-state index is 0.0146. The smallest absolute Gasteiger partial charge is 0.187 e. The fraction of sp³-hybridized carbons (Fsp3) is 0.917. The van der Waals surface area contributed by atoms with Crippen molar-refractivity contribution in [3.05, 3.63) is 11.6 Å². The van der Waals surface area contributed by atoms with Gasteiger partial charge >= 0.3 is 0 Å². The zero-order valence-electron chi connectivity index (χ0n) is 28.7. The van der Waals surface area contributed by atoms with Gasteiger partial charge in [0.15, 0.2) is 6.29 Å². The number of rotatable bonds is 8. The molecule has 0 amide bonds. The van der Waals surface area contributed by atoms with Gasteiger partial charge in [-0.25, -0.2) is 0 Å². The largest absolute Gasteiger partial charge is 0.394 e. The molecule has 45 heavy (non-hydrogen) atoms. The molecule has 1 saturated heterocycles. The van der Waals surface area contributed by atoms with Crippen molar-refractivity contribution in [1.82, 2.24) is 0 Å². The van der Waals surface area contributed by atoms with Crippen LogP contribution in [0.3, 0.4) is 0 Å². The molecule has 1 aliphatic heterocycles. The number of hydrogen-bond donors (Lipinski definition) is 6. The number of fused-ring (bicyclic) bond motifs is 5. The molecule has 6 N–H and O–H groups in total. The maximum Gasteiger partial charge on any atom is 0.187 e. The molecular formula is C36H60O9. The summed E-state index contributed by atoms with van der Waals surface area (Å²) >= 11 is 0. The molecule has 4 fully saturated rings. The van der Waals surface area contributed by atoms with Crippen molar-refractivity contribution >= 4 is 5.78 Å². The van der Waals surface area contributed by atoms with Gasteiger partial charge in [-0.1, -0.05) is 53.2 Å². The van der Waals surface area contributed by atoms with Gasteiger partial charge in [0.1, 0.15) is 30.2 Å². The standard InChI is InChI=1S/C36H60O9/c1-19(9-13-25(38)33(4,5)43)20-15-16-34(6)24-12-10-21-22(36(24,8)26(39)17-35(20,34)7)11-14-27(32(21,2)3)45-31-30(42)29(41)28(40)23(18-37)44-31/h10,19-20,22-25,27-31,37-38,40-43H,9,11-18H2,1-8H3/t19-,20-,22-,23?,24+,25-,27+,28?,29?,30?,31?,34+,35-,36+/m1/s1. The van der Waals surface area contributed by atoms with Crippen LogP contribution in [0.5, 0.6) is 0 Å². The number of carbonyl (C=O) groups excluding carboxylic acids is 1. The normalized spacial score (nSPS) is 47.7. The molecule has 0 aromatic carbocycles. The van der Waals surface area contributed by atoms with Crippen molar-refractivity contribution in [1.29, 1.82) is 0 Å². The molecule has 0 spiro atoms. The van der Waals surface area contributed by atoms with E-state index in [1.54, 1.807) is 13.8 Å². The Hall–Kier alpha value is -0.910. The van der Waals surface area contributed by atoms with Crippen molar-refractivity contribution in [2.24, 2.45) is 45.3 Å². The Morgan fingerprint density at radius 1 is 1.00 bits per heavy atom. The van der Waals surface area contributed by atoms with E-state index in [2.05, 4.69) is 47.6 Å². The molecule has 9 heteroatoms. The van der Waals surface area contributed by atoms with E-state index in [0.29, 0.717) is 36.9 Å². The van der Waals surface area contributed by atoms with E-state index < -0.39 is 59.8 Å². The number of allylic oxidation sites excluding steroid dienone is 1. The first-order valence-electron chi connectivity index (χ1n) is 17.3. The summed E-state index contributed by atoms with van der Waals surface area (Å²) < 4.78 is 12.0. The first-order chi connectivity index (χ1) is 20.7. The SMILES string of the molecule is C[C@H](CC[C@@H](O)C(C)(C)O)[C@H]1CC[C@@]2(C)[C@@H]3CC=C4[C@@H](CC[C@H](OC5OC(CO)C(O)C(O)C5O)C4(C)C)[C@]3(C)C(=O)C[C@]12C. The highest BCUT2D eigenvalue weighted by molar-refractivity contribution is 5.88. The second kappa shape index (κ2) is 11.9. The Balaban J connectivity index is 1.37. The predicted octanol–water partition coefficient (Wildman–Crippen LogP) is 3.50. The molecule has 4 aliphatic carbocycles. The van der Waals surface area contributed by atoms with Crippen LogP contribution in [0.2, 0.25) is 0 Å². The summed E-state index contributed by atoms with van der Waals surface area (Å²) in [4.78, 5) is 14.6. The monoisotopic (exact) mass is 636 g/mol. The molecule has 1 heterocycles. The highest BCUT2D eigenvalue weighted by Gasteiger charge is 2.70. The lowest BCUT2D eigenvalue weighted by Crippen LogP contribution is -2.64. The second-order valence-corrected chi connectivity index (χ2v) is 17.2. The van der Waals surface area contributed by atoms with Crippen LogP contribution in [0.1, 0.15) is 107 Å². The van der Waals surface area contributed by atoms with E-state index in [1.807, 2.05) is 0 Å². The van der Waals surface area contributed by atoms with Crippen LogP contribution < -0.4 is 0 Å². The number of hydrogen-bond acceptors (Lipinski definition) is 9. The third-order valence-corrected chi connectivity index (χ3v) is 14.2. The van der Waals surface area contributed by atoms with Crippen LogP contribution in [0.25, 0.3) is 0 Å². The van der Waals surface area contributed by atoms with Crippen LogP contribution >= 0.6 is 0 Å². The Labute approximate surface area is 269 Å². The van der Waals surface area contributed by atoms with Gasteiger partial charge in [0, 0.05) is 17.3 Å². The fourth-order valence-corrected chi connectivity index (χ4v) is 10.9. The lowest BCUT2D eigenvalue weighted by molar-refractivity contribution is -0.319. The maximum absolute atomic E-state index is 14.6. The molecule has 5 aliphatic rings. The Morgan fingerprint density at radius 2 is 1.67 bits per heavy atom. The molecule has 0 aromatic rings. The summed E-state index contributed by atoms with van der Waals surface area (Å²) in [5, 5.41) is 61.6. The molecule has 5 unspecified atom stereocenters. The number of carbonyl (C=O) groups is 1. The molecule has 5 rings (SSSR count). The molecule has 0 radical (unpaired) electrons. The Morgan fingerprint density at radius 3 is 2.29 bits per heavy atom. The number of ether oxygens (including phenoxy) is 2. The quantitative estimate of drug-likeness (QED) is 0.220. The van der Waals surface area contributed by atoms with Crippen molar-refractivity contribution < 1.29 is 44.9 Å². The van der Waals surface area contributed by atoms with E-state index in [0.717, 1.165) is 32.1 Å². The van der Waals surface area contributed by atoms with Gasteiger partial charge in [0.2, 0.25) is 0 Å². The molecule has 14 atom stereocenters. The average molecular weight is 637 g/mol. The first kappa shape index (κ1) is 35.4. The summed E-state index contributed by atoms with van der Waals surface area (Å²) in [7, 11) is 0. The van der Waals surface area contributed by atoms with Crippen LogP contribution in [0.4, 0.5) is 0 Å². The topological polar surface area (TPSA) is 157 Å². The molecule has 258 valence electrons. The molecule has 0 bridgehead atoms. The molecule has 0 aromatic heterocycles. The number of Topliss-reactive ketones (excluding diaryl/α,β-unsaturated/α-hetero) is 1. The van der Waals surface area contributed by atoms with Gasteiger partial charge in [-0.3, -0.25) is 4.79 Å². The van der Waals surface area contributed by atoms with Crippen LogP contribution in [-0.4, -0.2) is 91.5 Å². The van der Waals surface area contributed by atoms with Crippen LogP contribution in [0.15, 0.2) is 11.6 Å². The minimum atomic E-state index is -1.49. The van der Waals surface area contributed by atoms with E-state index in [1.165, 1.54) is 5.57 Å². The minimum Gasteiger partial charge on any atom is -0.394 e. The van der Waals surface area contributed by atoms with Crippen LogP contribution in [-0.2, 0) is 14.3 Å². The second-order valence-electron chi connectivity index (χ2n) is 17.2. The van der Waals surface area contributed by atoms with Gasteiger partial charge in [-0.05, 0) is 93.3 Å². The molecule has 9 nitrogen and oxygen atoms in total. The number of aliphatic hydroxyl groups is 6. The van der Waals surface area contributed by atoms with Gasteiger partial charge in [0.25, 0.3) is 0 Å². The third kappa shape index (κ3) is 5.40. The fourth-order valence-electron chi connectivity index (χ4n) is 10.9. The Kier molecular flexibility index (Phi) is 9.36. The molecule has 3 saturated carbocycles. The third-order valence-electron chi connectivity index (χ3n) is 14.2. The van der Waals surface area contributed by atoms with Gasteiger partial charge < -0.3 is 40.1 Å². The van der Waals surface area contributed by atoms with Crippen LogP contribution in [0, 0.1) is 45.3 Å². The van der Waals surface area contributed by atoms with E-state index in [-0.39, 0.29) is 28.8 Å². The predicted molar refractivity (Wildman–Crippen MR) is 169 cm³/mol. The van der Waals surface area contributed by atoms with Crippen molar-refractivity contribution in [2.45, 2.75) is 155 Å². The van der Waals surface area contributed by atoms with Gasteiger partial charge in [0.05, 0.1) is 24.4 Å². The first-order valence-corrected chi connectivity index (χ1v) is 17.3. The van der Waals surface area contributed by atoms with Gasteiger partial charge in [-0.2, -0.15) is 0 Å². The summed E-state index contributed by atoms with van der Waals surface area (Å²) in [6.07, 6.45) is 0.905. The summed E-state index contributed by atoms with van der Waals surface area (Å²) in [5.41, 5.74) is -1.04. The molecular weight excluding hydrogens is 576 g/mol. The van der Waals surface area contributed by atoms with E-state index in [4.69, 9.17) is 9.47 Å². The lowest BCUT2D eigenvalue weighted by Gasteiger charge is -2.65. The van der Waals surface area contributed by atoms with E-state index in [9.17, 15) is 35.4 Å². The van der Waals surface area contributed by atoms with Crippen molar-refractivity contribution in [3.63, 3.8) is 0 Å². The summed E-state index contributed by atoms with van der Waals surface area (Å²) in [6, 6.07) is 0. The lowest BCUT2D eigenvalue weighted by atomic mass is 9.38. The van der Waals surface area contributed by atoms with Crippen molar-refractivity contribution in [2.75, 3.05) is 6.61 Å². The summed E-state index contributed by atoms with van der Waals surface area (Å²) in [5.74, 6) is 1.34. The summed E-state index contributed by atoms with van der Waals surface area (Å²) in [6.45, 7) is 16.3. The zero-order valence-corrected chi connectivity index (χ0v) is 28.7. The van der Waals surface area contributed by atoms with Crippen molar-refractivity contribution in [3.8, 4) is 0 Å².